The molecular formula is C21H27N5O4S. The lowest BCUT2D eigenvalue weighted by Crippen LogP contribution is -2.40. The fourth-order valence-corrected chi connectivity index (χ4v) is 6.00. The number of piperidine rings is 1. The number of hydrogen-bond acceptors (Lipinski definition) is 7. The molecule has 0 atom stereocenters. The van der Waals surface area contributed by atoms with E-state index in [0.29, 0.717) is 31.9 Å². The molecule has 2 fully saturated rings. The van der Waals surface area contributed by atoms with Crippen LogP contribution in [0.25, 0.3) is 0 Å². The molecule has 0 amide bonds. The van der Waals surface area contributed by atoms with Crippen LogP contribution in [-0.4, -0.2) is 54.9 Å². The van der Waals surface area contributed by atoms with E-state index in [-0.39, 0.29) is 16.6 Å². The zero-order chi connectivity index (χ0) is 22.0. The van der Waals surface area contributed by atoms with Gasteiger partial charge in [-0.2, -0.15) is 4.31 Å². The van der Waals surface area contributed by atoms with Gasteiger partial charge in [0, 0.05) is 50.0 Å². The number of nitrogens with zero attached hydrogens (tertiary/aromatic N) is 4. The molecule has 2 aliphatic heterocycles. The number of aromatic nitrogens is 1. The van der Waals surface area contributed by atoms with Gasteiger partial charge in [0.05, 0.1) is 10.6 Å². The van der Waals surface area contributed by atoms with Gasteiger partial charge in [-0.25, -0.2) is 13.4 Å². The zero-order valence-electron chi connectivity index (χ0n) is 17.5. The van der Waals surface area contributed by atoms with Crippen molar-refractivity contribution in [3.63, 3.8) is 0 Å². The van der Waals surface area contributed by atoms with Crippen molar-refractivity contribution in [2.75, 3.05) is 36.4 Å². The monoisotopic (exact) mass is 445 g/mol. The average Bonchev–Trinajstić information content (AvgIpc) is 3.30. The Morgan fingerprint density at radius 2 is 1.81 bits per heavy atom. The third-order valence-corrected chi connectivity index (χ3v) is 7.84. The minimum absolute atomic E-state index is 0.0374. The average molecular weight is 446 g/mol. The molecule has 2 aliphatic rings. The van der Waals surface area contributed by atoms with Crippen LogP contribution in [0, 0.1) is 17.0 Å². The summed E-state index contributed by atoms with van der Waals surface area (Å²) >= 11 is 0. The normalized spacial score (nSPS) is 18.3. The van der Waals surface area contributed by atoms with Crippen molar-refractivity contribution < 1.29 is 13.3 Å². The van der Waals surface area contributed by atoms with Gasteiger partial charge in [0.1, 0.15) is 10.7 Å². The van der Waals surface area contributed by atoms with Crippen LogP contribution in [0.3, 0.4) is 0 Å². The molecule has 3 heterocycles. The first-order valence-corrected chi connectivity index (χ1v) is 12.0. The van der Waals surface area contributed by atoms with E-state index in [1.165, 1.54) is 16.4 Å². The van der Waals surface area contributed by atoms with Crippen LogP contribution < -0.4 is 10.2 Å². The Balaban J connectivity index is 1.55. The van der Waals surface area contributed by atoms with Gasteiger partial charge in [0.25, 0.3) is 5.69 Å². The van der Waals surface area contributed by atoms with E-state index in [4.69, 9.17) is 0 Å². The van der Waals surface area contributed by atoms with Crippen molar-refractivity contribution in [1.29, 1.82) is 0 Å². The lowest BCUT2D eigenvalue weighted by molar-refractivity contribution is -0.385. The fraction of sp³-hybridized carbons (Fsp3) is 0.476. The summed E-state index contributed by atoms with van der Waals surface area (Å²) in [7, 11) is -3.78. The molecule has 31 heavy (non-hydrogen) atoms. The number of non-ortho nitro benzene ring substituents is 1. The summed E-state index contributed by atoms with van der Waals surface area (Å²) in [6, 6.07) is 10.3. The molecule has 0 aliphatic carbocycles. The molecule has 9 nitrogen and oxygen atoms in total. The summed E-state index contributed by atoms with van der Waals surface area (Å²) < 4.78 is 28.0. The summed E-state index contributed by atoms with van der Waals surface area (Å²) in [5.41, 5.74) is 1.29. The van der Waals surface area contributed by atoms with Crippen LogP contribution in [0.2, 0.25) is 0 Å². The van der Waals surface area contributed by atoms with Crippen LogP contribution in [0.5, 0.6) is 0 Å². The van der Waals surface area contributed by atoms with Crippen molar-refractivity contribution in [2.45, 2.75) is 43.5 Å². The van der Waals surface area contributed by atoms with E-state index in [0.717, 1.165) is 37.2 Å². The second kappa shape index (κ2) is 8.80. The SMILES string of the molecule is Cc1cccc(NC2CCN(c3ccc([N+](=O)[O-])cc3S(=O)(=O)N3CCCC3)CC2)n1. The predicted octanol–water partition coefficient (Wildman–Crippen LogP) is 3.16. The number of benzene rings is 1. The molecule has 166 valence electrons. The molecule has 1 aromatic carbocycles. The van der Waals surface area contributed by atoms with E-state index in [2.05, 4.69) is 10.3 Å². The highest BCUT2D eigenvalue weighted by molar-refractivity contribution is 7.89. The Labute approximate surface area is 182 Å². The standard InChI is InChI=1S/C21H27N5O4S/c1-16-5-4-6-21(22-16)23-17-9-13-24(14-10-17)19-8-7-18(26(27)28)15-20(19)31(29,30)25-11-2-3-12-25/h4-8,15,17H,2-3,9-14H2,1H3,(H,22,23). The predicted molar refractivity (Wildman–Crippen MR) is 119 cm³/mol. The Morgan fingerprint density at radius 1 is 1.10 bits per heavy atom. The molecule has 4 rings (SSSR count). The van der Waals surface area contributed by atoms with Crippen molar-refractivity contribution >= 4 is 27.2 Å². The van der Waals surface area contributed by atoms with Crippen LogP contribution in [0.4, 0.5) is 17.2 Å². The summed E-state index contributed by atoms with van der Waals surface area (Å²) in [5, 5.41) is 14.8. The number of nitrogens with one attached hydrogen (secondary N) is 1. The molecule has 1 N–H and O–H groups in total. The maximum atomic E-state index is 13.3. The highest BCUT2D eigenvalue weighted by Gasteiger charge is 2.33. The third kappa shape index (κ3) is 4.64. The van der Waals surface area contributed by atoms with E-state index < -0.39 is 14.9 Å². The van der Waals surface area contributed by atoms with Crippen molar-refractivity contribution in [3.05, 3.63) is 52.2 Å². The highest BCUT2D eigenvalue weighted by atomic mass is 32.2. The molecule has 0 saturated carbocycles. The van der Waals surface area contributed by atoms with Crippen LogP contribution in [0.1, 0.15) is 31.4 Å². The number of rotatable bonds is 6. The Kier molecular flexibility index (Phi) is 6.10. The highest BCUT2D eigenvalue weighted by Crippen LogP contribution is 2.34. The smallest absolute Gasteiger partial charge is 0.270 e. The summed E-state index contributed by atoms with van der Waals surface area (Å²) in [5.74, 6) is 0.839. The molecule has 0 spiro atoms. The summed E-state index contributed by atoms with van der Waals surface area (Å²) in [6.07, 6.45) is 3.26. The first-order valence-electron chi connectivity index (χ1n) is 10.6. The van der Waals surface area contributed by atoms with Crippen LogP contribution >= 0.6 is 0 Å². The summed E-state index contributed by atoms with van der Waals surface area (Å²) in [6.45, 7) is 4.18. The van der Waals surface area contributed by atoms with Gasteiger partial charge in [-0.05, 0) is 50.8 Å². The molecule has 0 radical (unpaired) electrons. The second-order valence-corrected chi connectivity index (χ2v) is 10.00. The first-order chi connectivity index (χ1) is 14.8. The largest absolute Gasteiger partial charge is 0.370 e. The van der Waals surface area contributed by atoms with Gasteiger partial charge in [-0.1, -0.05) is 6.07 Å². The summed E-state index contributed by atoms with van der Waals surface area (Å²) in [4.78, 5) is 17.3. The van der Waals surface area contributed by atoms with E-state index in [1.807, 2.05) is 30.0 Å². The molecule has 1 aromatic heterocycles. The minimum atomic E-state index is -3.78. The maximum Gasteiger partial charge on any atom is 0.270 e. The van der Waals surface area contributed by atoms with Gasteiger partial charge in [0.2, 0.25) is 10.0 Å². The number of aryl methyl sites for hydroxylation is 1. The number of pyridine rings is 1. The van der Waals surface area contributed by atoms with E-state index >= 15 is 0 Å². The number of nitro benzene ring substituents is 1. The quantitative estimate of drug-likeness (QED) is 0.537. The topological polar surface area (TPSA) is 109 Å². The Bertz CT molecular complexity index is 1060. The molecule has 2 saturated heterocycles. The van der Waals surface area contributed by atoms with Gasteiger partial charge >= 0.3 is 0 Å². The molecule has 10 heteroatoms. The van der Waals surface area contributed by atoms with Gasteiger partial charge in [0.15, 0.2) is 0 Å². The fourth-order valence-electron chi connectivity index (χ4n) is 4.25. The van der Waals surface area contributed by atoms with Crippen molar-refractivity contribution in [1.82, 2.24) is 9.29 Å². The van der Waals surface area contributed by atoms with E-state index in [9.17, 15) is 18.5 Å². The molecule has 0 bridgehead atoms. The lowest BCUT2D eigenvalue weighted by atomic mass is 10.0. The van der Waals surface area contributed by atoms with E-state index in [1.54, 1.807) is 6.07 Å². The zero-order valence-corrected chi connectivity index (χ0v) is 18.3. The third-order valence-electron chi connectivity index (χ3n) is 5.91. The van der Waals surface area contributed by atoms with Crippen LogP contribution in [-0.2, 0) is 10.0 Å². The van der Waals surface area contributed by atoms with Crippen molar-refractivity contribution in [2.24, 2.45) is 0 Å². The number of hydrogen-bond donors (Lipinski definition) is 1. The van der Waals surface area contributed by atoms with Crippen molar-refractivity contribution in [3.8, 4) is 0 Å². The first kappa shape index (κ1) is 21.5. The Hall–Kier alpha value is -2.72. The number of nitro groups is 1. The van der Waals surface area contributed by atoms with Crippen LogP contribution in [0.15, 0.2) is 41.3 Å². The molecular weight excluding hydrogens is 418 g/mol. The molecule has 0 unspecified atom stereocenters. The van der Waals surface area contributed by atoms with Gasteiger partial charge in [-0.15, -0.1) is 0 Å². The number of anilines is 2. The second-order valence-electron chi connectivity index (χ2n) is 8.09. The Morgan fingerprint density at radius 3 is 2.45 bits per heavy atom. The minimum Gasteiger partial charge on any atom is -0.370 e. The van der Waals surface area contributed by atoms with Gasteiger partial charge in [-0.3, -0.25) is 10.1 Å². The number of sulfonamides is 1. The maximum absolute atomic E-state index is 13.3. The lowest BCUT2D eigenvalue weighted by Gasteiger charge is -2.35. The molecule has 2 aromatic rings. The van der Waals surface area contributed by atoms with Gasteiger partial charge < -0.3 is 10.2 Å².